The molecule has 47 heavy (non-hydrogen) atoms. The summed E-state index contributed by atoms with van der Waals surface area (Å²) in [5.74, 6) is -1.39. The van der Waals surface area contributed by atoms with E-state index in [1.165, 1.54) is 0 Å². The summed E-state index contributed by atoms with van der Waals surface area (Å²) < 4.78 is 15.9. The van der Waals surface area contributed by atoms with Gasteiger partial charge in [0.1, 0.15) is 24.9 Å². The number of hydrogen-bond donors (Lipinski definition) is 3. The Bertz CT molecular complexity index is 1300. The van der Waals surface area contributed by atoms with Gasteiger partial charge < -0.3 is 35.1 Å². The Morgan fingerprint density at radius 2 is 1.47 bits per heavy atom. The second kappa shape index (κ2) is 19.1. The molecule has 0 unspecified atom stereocenters. The molecule has 1 aliphatic rings. The topological polar surface area (TPSA) is 152 Å². The van der Waals surface area contributed by atoms with Gasteiger partial charge in [0, 0.05) is 26.2 Å². The number of ether oxygens (including phenoxy) is 3. The second-order valence-corrected chi connectivity index (χ2v) is 12.5. The van der Waals surface area contributed by atoms with Gasteiger partial charge in [0.15, 0.2) is 0 Å². The molecular weight excluding hydrogens is 604 g/mol. The van der Waals surface area contributed by atoms with Crippen LogP contribution in [0.15, 0.2) is 60.7 Å². The fourth-order valence-electron chi connectivity index (χ4n) is 5.00. The molecule has 1 fully saturated rings. The van der Waals surface area contributed by atoms with E-state index in [0.29, 0.717) is 45.2 Å². The number of alkyl carbamates (subject to hydrolysis) is 2. The molecule has 3 N–H and O–H groups in total. The van der Waals surface area contributed by atoms with Crippen LogP contribution in [0.5, 0.6) is 0 Å². The standard InChI is InChI=1S/C35H48N4O8/c1-35(2,3)47-34(44)38-29(18-10-11-20-37-33(43)46-25-27-15-8-5-9-16-27)32(42)39-22-12-17-28(23-39)31(41)36-21-19-30(40)45-24-26-13-6-4-7-14-26/h4-9,13-16,28-29H,10-12,17-25H2,1-3H3,(H,36,41)(H,37,43)(H,38,44)/t28-,29+/m0/s1. The van der Waals surface area contributed by atoms with Gasteiger partial charge in [-0.2, -0.15) is 0 Å². The lowest BCUT2D eigenvalue weighted by Gasteiger charge is -2.34. The first-order valence-corrected chi connectivity index (χ1v) is 16.2. The Morgan fingerprint density at radius 1 is 0.830 bits per heavy atom. The third-order valence-electron chi connectivity index (χ3n) is 7.37. The lowest BCUT2D eigenvalue weighted by Crippen LogP contribution is -2.53. The van der Waals surface area contributed by atoms with E-state index in [1.54, 1.807) is 25.7 Å². The Kier molecular flexibility index (Phi) is 15.0. The fourth-order valence-corrected chi connectivity index (χ4v) is 5.00. The Morgan fingerprint density at radius 3 is 2.11 bits per heavy atom. The lowest BCUT2D eigenvalue weighted by atomic mass is 9.96. The maximum absolute atomic E-state index is 13.6. The van der Waals surface area contributed by atoms with Crippen molar-refractivity contribution in [3.8, 4) is 0 Å². The zero-order valence-electron chi connectivity index (χ0n) is 27.6. The third-order valence-corrected chi connectivity index (χ3v) is 7.37. The van der Waals surface area contributed by atoms with E-state index >= 15 is 0 Å². The molecule has 4 amide bonds. The number of unbranched alkanes of at least 4 members (excludes halogenated alkanes) is 1. The predicted octanol–water partition coefficient (Wildman–Crippen LogP) is 4.46. The Labute approximate surface area is 276 Å². The number of esters is 1. The van der Waals surface area contributed by atoms with Gasteiger partial charge in [-0.25, -0.2) is 9.59 Å². The van der Waals surface area contributed by atoms with Crippen LogP contribution in [0.4, 0.5) is 9.59 Å². The maximum Gasteiger partial charge on any atom is 0.408 e. The minimum atomic E-state index is -0.865. The second-order valence-electron chi connectivity index (χ2n) is 12.5. The zero-order valence-corrected chi connectivity index (χ0v) is 27.6. The number of amides is 4. The first kappa shape index (κ1) is 36.9. The van der Waals surface area contributed by atoms with Crippen molar-refractivity contribution in [1.82, 2.24) is 20.9 Å². The van der Waals surface area contributed by atoms with Crippen LogP contribution in [0, 0.1) is 5.92 Å². The van der Waals surface area contributed by atoms with Crippen LogP contribution in [-0.4, -0.2) is 72.7 Å². The number of carbonyl (C=O) groups is 5. The molecular formula is C35H48N4O8. The summed E-state index contributed by atoms with van der Waals surface area (Å²) in [7, 11) is 0. The highest BCUT2D eigenvalue weighted by atomic mass is 16.6. The van der Waals surface area contributed by atoms with E-state index in [2.05, 4.69) is 16.0 Å². The molecule has 2 aromatic rings. The highest BCUT2D eigenvalue weighted by Crippen LogP contribution is 2.19. The first-order chi connectivity index (χ1) is 22.5. The van der Waals surface area contributed by atoms with Gasteiger partial charge in [0.2, 0.25) is 11.8 Å². The van der Waals surface area contributed by atoms with Crippen molar-refractivity contribution in [1.29, 1.82) is 0 Å². The van der Waals surface area contributed by atoms with Crippen molar-refractivity contribution in [2.45, 2.75) is 84.2 Å². The summed E-state index contributed by atoms with van der Waals surface area (Å²) in [5.41, 5.74) is 1.02. The average molecular weight is 653 g/mol. The van der Waals surface area contributed by atoms with Crippen molar-refractivity contribution < 1.29 is 38.2 Å². The summed E-state index contributed by atoms with van der Waals surface area (Å²) in [6.45, 7) is 6.68. The van der Waals surface area contributed by atoms with Crippen LogP contribution in [0.25, 0.3) is 0 Å². The van der Waals surface area contributed by atoms with E-state index in [9.17, 15) is 24.0 Å². The number of nitrogens with zero attached hydrogens (tertiary/aromatic N) is 1. The van der Waals surface area contributed by atoms with Crippen LogP contribution in [0.2, 0.25) is 0 Å². The highest BCUT2D eigenvalue weighted by molar-refractivity contribution is 5.87. The summed E-state index contributed by atoms with van der Waals surface area (Å²) in [6, 6.07) is 17.8. The number of nitrogens with one attached hydrogen (secondary N) is 3. The van der Waals surface area contributed by atoms with Crippen LogP contribution < -0.4 is 16.0 Å². The van der Waals surface area contributed by atoms with Gasteiger partial charge in [-0.05, 0) is 64.0 Å². The molecule has 12 nitrogen and oxygen atoms in total. The molecule has 3 rings (SSSR count). The highest BCUT2D eigenvalue weighted by Gasteiger charge is 2.33. The molecule has 2 aromatic carbocycles. The number of rotatable bonds is 15. The van der Waals surface area contributed by atoms with Crippen molar-refractivity contribution in [2.24, 2.45) is 5.92 Å². The molecule has 1 heterocycles. The summed E-state index contributed by atoms with van der Waals surface area (Å²) in [6.07, 6.45) is 1.43. The van der Waals surface area contributed by atoms with Gasteiger partial charge in [0.05, 0.1) is 12.3 Å². The van der Waals surface area contributed by atoms with Crippen molar-refractivity contribution in [3.63, 3.8) is 0 Å². The van der Waals surface area contributed by atoms with Gasteiger partial charge in [-0.3, -0.25) is 14.4 Å². The first-order valence-electron chi connectivity index (χ1n) is 16.2. The van der Waals surface area contributed by atoms with Crippen molar-refractivity contribution in [3.05, 3.63) is 71.8 Å². The molecule has 1 aliphatic heterocycles. The van der Waals surface area contributed by atoms with E-state index in [0.717, 1.165) is 11.1 Å². The van der Waals surface area contributed by atoms with Gasteiger partial charge in [-0.15, -0.1) is 0 Å². The molecule has 0 bridgehead atoms. The molecule has 0 saturated carbocycles. The van der Waals surface area contributed by atoms with E-state index in [1.807, 2.05) is 60.7 Å². The Balaban J connectivity index is 1.44. The van der Waals surface area contributed by atoms with E-state index < -0.39 is 35.7 Å². The Hall–Kier alpha value is -4.61. The molecule has 1 saturated heterocycles. The largest absolute Gasteiger partial charge is 0.461 e. The minimum Gasteiger partial charge on any atom is -0.461 e. The van der Waals surface area contributed by atoms with Gasteiger partial charge in [-0.1, -0.05) is 60.7 Å². The number of hydrogen-bond acceptors (Lipinski definition) is 8. The normalized spacial score (nSPS) is 15.1. The minimum absolute atomic E-state index is 0.0371. The number of carbonyl (C=O) groups excluding carboxylic acids is 5. The monoisotopic (exact) mass is 652 g/mol. The van der Waals surface area contributed by atoms with Gasteiger partial charge >= 0.3 is 18.2 Å². The van der Waals surface area contributed by atoms with Crippen LogP contribution in [0.1, 0.15) is 70.4 Å². The summed E-state index contributed by atoms with van der Waals surface area (Å²) in [5, 5.41) is 8.20. The molecule has 0 radical (unpaired) electrons. The molecule has 256 valence electrons. The number of benzene rings is 2. The molecule has 0 aromatic heterocycles. The maximum atomic E-state index is 13.6. The number of likely N-dealkylation sites (tertiary alicyclic amines) is 1. The van der Waals surface area contributed by atoms with Crippen LogP contribution in [-0.2, 0) is 41.8 Å². The molecule has 12 heteroatoms. The molecule has 0 aliphatic carbocycles. The SMILES string of the molecule is CC(C)(C)OC(=O)N[C@H](CCCCNC(=O)OCc1ccccc1)C(=O)N1CCC[C@H](C(=O)NCCC(=O)OCc2ccccc2)C1. The lowest BCUT2D eigenvalue weighted by molar-refractivity contribution is -0.144. The summed E-state index contributed by atoms with van der Waals surface area (Å²) in [4.78, 5) is 64.9. The van der Waals surface area contributed by atoms with Crippen LogP contribution in [0.3, 0.4) is 0 Å². The fraction of sp³-hybridized carbons (Fsp3) is 0.514. The molecule has 0 spiro atoms. The number of piperidine rings is 1. The van der Waals surface area contributed by atoms with E-state index in [-0.39, 0.29) is 44.5 Å². The van der Waals surface area contributed by atoms with Gasteiger partial charge in [0.25, 0.3) is 0 Å². The quantitative estimate of drug-likeness (QED) is 0.145. The van der Waals surface area contributed by atoms with Crippen LogP contribution >= 0.6 is 0 Å². The smallest absolute Gasteiger partial charge is 0.408 e. The van der Waals surface area contributed by atoms with Crippen molar-refractivity contribution >= 4 is 30.0 Å². The third kappa shape index (κ3) is 14.6. The van der Waals surface area contributed by atoms with E-state index in [4.69, 9.17) is 14.2 Å². The average Bonchev–Trinajstić information content (AvgIpc) is 3.05. The zero-order chi connectivity index (χ0) is 34.1. The summed E-state index contributed by atoms with van der Waals surface area (Å²) >= 11 is 0. The predicted molar refractivity (Wildman–Crippen MR) is 175 cm³/mol. The van der Waals surface area contributed by atoms with Crippen molar-refractivity contribution in [2.75, 3.05) is 26.2 Å². The molecule has 2 atom stereocenters.